The van der Waals surface area contributed by atoms with Crippen molar-refractivity contribution in [1.82, 2.24) is 9.97 Å². The minimum Gasteiger partial charge on any atom is -0.470 e. The van der Waals surface area contributed by atoms with E-state index in [9.17, 15) is 12.8 Å². The molecule has 0 aliphatic rings. The molecule has 0 amide bonds. The van der Waals surface area contributed by atoms with E-state index in [1.54, 1.807) is 0 Å². The van der Waals surface area contributed by atoms with E-state index in [4.69, 9.17) is 4.74 Å². The van der Waals surface area contributed by atoms with E-state index in [-0.39, 0.29) is 23.2 Å². The van der Waals surface area contributed by atoms with E-state index >= 15 is 0 Å². The zero-order valence-corrected chi connectivity index (χ0v) is 15.7. The van der Waals surface area contributed by atoms with Crippen LogP contribution in [0.4, 0.5) is 10.2 Å². The van der Waals surface area contributed by atoms with Gasteiger partial charge in [-0.3, -0.25) is 4.72 Å². The van der Waals surface area contributed by atoms with Gasteiger partial charge in [-0.1, -0.05) is 30.3 Å². The number of nitrogens with one attached hydrogen (secondary N) is 1. The van der Waals surface area contributed by atoms with Gasteiger partial charge in [-0.05, 0) is 45.8 Å². The van der Waals surface area contributed by atoms with Crippen LogP contribution < -0.4 is 9.46 Å². The van der Waals surface area contributed by atoms with Crippen LogP contribution in [0.15, 0.2) is 70.3 Å². The number of sulfonamides is 1. The van der Waals surface area contributed by atoms with Crippen LogP contribution in [0, 0.1) is 5.82 Å². The molecule has 0 bridgehead atoms. The Kier molecular flexibility index (Phi) is 5.48. The molecule has 2 aromatic carbocycles. The van der Waals surface area contributed by atoms with E-state index in [0.717, 1.165) is 29.8 Å². The molecular formula is C17H13BrFN3O3S. The Hall–Kier alpha value is -2.52. The minimum absolute atomic E-state index is 0.0221. The molecule has 0 aliphatic carbocycles. The zero-order chi connectivity index (χ0) is 18.6. The van der Waals surface area contributed by atoms with Crippen LogP contribution in [-0.4, -0.2) is 18.4 Å². The Balaban J connectivity index is 1.84. The van der Waals surface area contributed by atoms with Gasteiger partial charge in [0.05, 0.1) is 11.1 Å². The summed E-state index contributed by atoms with van der Waals surface area (Å²) in [6.07, 6.45) is 1.35. The lowest BCUT2D eigenvalue weighted by Crippen LogP contribution is -2.15. The van der Waals surface area contributed by atoms with E-state index in [1.807, 2.05) is 30.3 Å². The standard InChI is InChI=1S/C17H13BrFN3O3S/c18-15-10-20-16(17(21-15)25-11-12-4-2-1-3-5-12)22-26(23,24)14-8-6-13(19)7-9-14/h1-10H,11H2,(H,20,22). The van der Waals surface area contributed by atoms with Crippen LogP contribution in [0.2, 0.25) is 0 Å². The van der Waals surface area contributed by atoms with E-state index in [2.05, 4.69) is 30.6 Å². The van der Waals surface area contributed by atoms with E-state index < -0.39 is 15.8 Å². The van der Waals surface area contributed by atoms with Crippen LogP contribution in [0.25, 0.3) is 0 Å². The predicted octanol–water partition coefficient (Wildman–Crippen LogP) is 3.76. The maximum absolute atomic E-state index is 13.0. The lowest BCUT2D eigenvalue weighted by molar-refractivity contribution is 0.294. The van der Waals surface area contributed by atoms with Crippen molar-refractivity contribution in [2.45, 2.75) is 11.5 Å². The highest BCUT2D eigenvalue weighted by Crippen LogP contribution is 2.25. The van der Waals surface area contributed by atoms with Gasteiger partial charge < -0.3 is 4.74 Å². The molecule has 1 N–H and O–H groups in total. The normalized spacial score (nSPS) is 11.2. The van der Waals surface area contributed by atoms with Crippen molar-refractivity contribution >= 4 is 31.8 Å². The van der Waals surface area contributed by atoms with Crippen LogP contribution in [0.1, 0.15) is 5.56 Å². The highest BCUT2D eigenvalue weighted by molar-refractivity contribution is 9.10. The summed E-state index contributed by atoms with van der Waals surface area (Å²) in [5.41, 5.74) is 0.890. The Bertz CT molecular complexity index is 1000. The van der Waals surface area contributed by atoms with Crippen molar-refractivity contribution in [2.75, 3.05) is 4.72 Å². The molecule has 9 heteroatoms. The fraction of sp³-hybridized carbons (Fsp3) is 0.0588. The Labute approximate surface area is 158 Å². The van der Waals surface area contributed by atoms with Gasteiger partial charge in [0.25, 0.3) is 15.9 Å². The third kappa shape index (κ3) is 4.55. The smallest absolute Gasteiger partial charge is 0.263 e. The Morgan fingerprint density at radius 1 is 1.08 bits per heavy atom. The van der Waals surface area contributed by atoms with Crippen molar-refractivity contribution in [3.8, 4) is 5.88 Å². The topological polar surface area (TPSA) is 81.2 Å². The predicted molar refractivity (Wildman–Crippen MR) is 97.7 cm³/mol. The van der Waals surface area contributed by atoms with Crippen LogP contribution in [0.5, 0.6) is 5.88 Å². The fourth-order valence-electron chi connectivity index (χ4n) is 2.05. The van der Waals surface area contributed by atoms with Crippen LogP contribution >= 0.6 is 15.9 Å². The summed E-state index contributed by atoms with van der Waals surface area (Å²) < 4.78 is 46.2. The number of halogens is 2. The van der Waals surface area contributed by atoms with Crippen LogP contribution in [0.3, 0.4) is 0 Å². The first kappa shape index (κ1) is 18.3. The number of anilines is 1. The second-order valence-corrected chi connectivity index (χ2v) is 7.68. The van der Waals surface area contributed by atoms with E-state index in [1.165, 1.54) is 6.20 Å². The summed E-state index contributed by atoms with van der Waals surface area (Å²) in [7, 11) is -3.96. The fourth-order valence-corrected chi connectivity index (χ4v) is 3.32. The molecule has 26 heavy (non-hydrogen) atoms. The lowest BCUT2D eigenvalue weighted by Gasteiger charge is -2.12. The van der Waals surface area contributed by atoms with Crippen molar-refractivity contribution in [2.24, 2.45) is 0 Å². The molecule has 0 fully saturated rings. The molecule has 0 spiro atoms. The second-order valence-electron chi connectivity index (χ2n) is 5.18. The number of rotatable bonds is 6. The summed E-state index contributed by atoms with van der Waals surface area (Å²) in [6, 6.07) is 13.8. The quantitative estimate of drug-likeness (QED) is 0.634. The third-order valence-electron chi connectivity index (χ3n) is 3.28. The average molecular weight is 438 g/mol. The molecule has 0 radical (unpaired) electrons. The van der Waals surface area contributed by atoms with Crippen LogP contribution in [-0.2, 0) is 16.6 Å². The number of hydrogen-bond donors (Lipinski definition) is 1. The molecule has 1 aromatic heterocycles. The summed E-state index contributed by atoms with van der Waals surface area (Å²) in [6.45, 7) is 0.192. The largest absolute Gasteiger partial charge is 0.470 e. The maximum atomic E-state index is 13.0. The first-order valence-corrected chi connectivity index (χ1v) is 9.69. The summed E-state index contributed by atoms with van der Waals surface area (Å²) in [5.74, 6) is -0.568. The van der Waals surface area contributed by atoms with Crippen molar-refractivity contribution in [3.63, 3.8) is 0 Å². The highest BCUT2D eigenvalue weighted by Gasteiger charge is 2.19. The SMILES string of the molecule is O=S(=O)(Nc1ncc(Br)nc1OCc1ccccc1)c1ccc(F)cc1. The van der Waals surface area contributed by atoms with Crippen molar-refractivity contribution in [3.05, 3.63) is 76.8 Å². The summed E-state index contributed by atoms with van der Waals surface area (Å²) in [5, 5.41) is 0. The van der Waals surface area contributed by atoms with Gasteiger partial charge in [-0.15, -0.1) is 0 Å². The van der Waals surface area contributed by atoms with Gasteiger partial charge in [0.2, 0.25) is 5.82 Å². The lowest BCUT2D eigenvalue weighted by atomic mass is 10.2. The van der Waals surface area contributed by atoms with Gasteiger partial charge in [0, 0.05) is 0 Å². The molecule has 3 aromatic rings. The van der Waals surface area contributed by atoms with Crippen molar-refractivity contribution in [1.29, 1.82) is 0 Å². The second kappa shape index (κ2) is 7.79. The van der Waals surface area contributed by atoms with Gasteiger partial charge in [0.15, 0.2) is 0 Å². The van der Waals surface area contributed by atoms with E-state index in [0.29, 0.717) is 4.60 Å². The molecule has 0 unspecified atom stereocenters. The molecule has 134 valence electrons. The number of aromatic nitrogens is 2. The molecule has 1 heterocycles. The minimum atomic E-state index is -3.96. The van der Waals surface area contributed by atoms with Gasteiger partial charge in [-0.2, -0.15) is 0 Å². The first-order valence-electron chi connectivity index (χ1n) is 7.42. The van der Waals surface area contributed by atoms with Crippen molar-refractivity contribution < 1.29 is 17.5 Å². The number of benzene rings is 2. The molecular weight excluding hydrogens is 425 g/mol. The zero-order valence-electron chi connectivity index (χ0n) is 13.3. The Morgan fingerprint density at radius 3 is 2.46 bits per heavy atom. The number of hydrogen-bond acceptors (Lipinski definition) is 5. The summed E-state index contributed by atoms with van der Waals surface area (Å²) in [4.78, 5) is 8.05. The monoisotopic (exact) mass is 437 g/mol. The molecule has 0 saturated carbocycles. The Morgan fingerprint density at radius 2 is 1.77 bits per heavy atom. The molecule has 6 nitrogen and oxygen atoms in total. The first-order chi connectivity index (χ1) is 12.4. The highest BCUT2D eigenvalue weighted by atomic mass is 79.9. The molecule has 0 atom stereocenters. The molecule has 0 saturated heterocycles. The third-order valence-corrected chi connectivity index (χ3v) is 5.02. The number of nitrogens with zero attached hydrogens (tertiary/aromatic N) is 2. The van der Waals surface area contributed by atoms with Gasteiger partial charge in [-0.25, -0.2) is 22.8 Å². The van der Waals surface area contributed by atoms with Gasteiger partial charge >= 0.3 is 0 Å². The molecule has 3 rings (SSSR count). The maximum Gasteiger partial charge on any atom is 0.263 e. The van der Waals surface area contributed by atoms with Gasteiger partial charge in [0.1, 0.15) is 17.0 Å². The average Bonchev–Trinajstić information content (AvgIpc) is 2.63. The molecule has 0 aliphatic heterocycles. The number of ether oxygens (including phenoxy) is 1. The summed E-state index contributed by atoms with van der Waals surface area (Å²) >= 11 is 3.18.